The van der Waals surface area contributed by atoms with Crippen molar-refractivity contribution in [2.24, 2.45) is 0 Å². The third-order valence-corrected chi connectivity index (χ3v) is 3.72. The number of benzene rings is 1. The van der Waals surface area contributed by atoms with Gasteiger partial charge in [-0.2, -0.15) is 5.10 Å². The van der Waals surface area contributed by atoms with Crippen molar-refractivity contribution in [2.75, 3.05) is 5.73 Å². The van der Waals surface area contributed by atoms with E-state index in [1.165, 1.54) is 10.7 Å². The van der Waals surface area contributed by atoms with Gasteiger partial charge in [-0.05, 0) is 12.8 Å². The van der Waals surface area contributed by atoms with Crippen LogP contribution in [-0.4, -0.2) is 19.3 Å². The summed E-state index contributed by atoms with van der Waals surface area (Å²) in [5.41, 5.74) is 6.09. The van der Waals surface area contributed by atoms with E-state index >= 15 is 0 Å². The first-order valence-corrected chi connectivity index (χ1v) is 6.76. The summed E-state index contributed by atoms with van der Waals surface area (Å²) in [6.07, 6.45) is 2.78. The second-order valence-corrected chi connectivity index (χ2v) is 5.07. The molecular formula is C13H15N5O3. The fourth-order valence-corrected chi connectivity index (χ4v) is 2.61. The molecule has 21 heavy (non-hydrogen) atoms. The zero-order valence-corrected chi connectivity index (χ0v) is 11.4. The highest BCUT2D eigenvalue weighted by atomic mass is 16.6. The molecule has 1 aliphatic rings. The Balaban J connectivity index is 1.98. The van der Waals surface area contributed by atoms with Gasteiger partial charge in [-0.3, -0.25) is 14.7 Å². The summed E-state index contributed by atoms with van der Waals surface area (Å²) in [7, 11) is 0. The summed E-state index contributed by atoms with van der Waals surface area (Å²) in [5, 5.41) is 15.2. The van der Waals surface area contributed by atoms with Gasteiger partial charge in [-0.15, -0.1) is 0 Å². The van der Waals surface area contributed by atoms with Gasteiger partial charge in [0.25, 0.3) is 5.69 Å². The number of hydrogen-bond acceptors (Lipinski definition) is 5. The van der Waals surface area contributed by atoms with E-state index < -0.39 is 4.92 Å². The van der Waals surface area contributed by atoms with E-state index in [4.69, 9.17) is 5.73 Å². The van der Waals surface area contributed by atoms with Crippen molar-refractivity contribution in [1.82, 2.24) is 14.3 Å². The lowest BCUT2D eigenvalue weighted by Crippen LogP contribution is -2.27. The fraction of sp³-hybridized carbons (Fsp3) is 0.385. The largest absolute Gasteiger partial charge is 0.393 e. The third kappa shape index (κ3) is 2.28. The minimum Gasteiger partial charge on any atom is -0.393 e. The quantitative estimate of drug-likeness (QED) is 0.513. The van der Waals surface area contributed by atoms with Crippen LogP contribution in [0.5, 0.6) is 0 Å². The summed E-state index contributed by atoms with van der Waals surface area (Å²) in [5.74, 6) is 0.773. The van der Waals surface area contributed by atoms with Crippen LogP contribution in [0.2, 0.25) is 0 Å². The maximum Gasteiger partial charge on any atom is 0.346 e. The number of aryl methyl sites for hydroxylation is 1. The monoisotopic (exact) mass is 289 g/mol. The second-order valence-electron chi connectivity index (χ2n) is 5.07. The summed E-state index contributed by atoms with van der Waals surface area (Å²) in [6, 6.07) is 4.58. The molecule has 0 unspecified atom stereocenters. The van der Waals surface area contributed by atoms with Gasteiger partial charge in [0.05, 0.1) is 11.5 Å². The number of nitrogens with two attached hydrogens (primary N) is 1. The number of nitrogens with zero attached hydrogens (tertiary/aromatic N) is 4. The normalized spacial score (nSPS) is 13.9. The van der Waals surface area contributed by atoms with Gasteiger partial charge in [0, 0.05) is 24.6 Å². The molecule has 2 aromatic rings. The molecular weight excluding hydrogens is 274 g/mol. The molecule has 1 aromatic carbocycles. The highest BCUT2D eigenvalue weighted by molar-refractivity contribution is 5.62. The molecule has 0 saturated carbocycles. The molecule has 0 fully saturated rings. The fourth-order valence-electron chi connectivity index (χ4n) is 2.61. The molecule has 0 saturated heterocycles. The highest BCUT2D eigenvalue weighted by Gasteiger charge is 2.19. The lowest BCUT2D eigenvalue weighted by Gasteiger charge is -2.09. The van der Waals surface area contributed by atoms with E-state index in [0.717, 1.165) is 25.1 Å². The van der Waals surface area contributed by atoms with Crippen molar-refractivity contribution >= 4 is 11.4 Å². The summed E-state index contributed by atoms with van der Waals surface area (Å²) >= 11 is 0. The van der Waals surface area contributed by atoms with Gasteiger partial charge in [0.2, 0.25) is 0 Å². The van der Waals surface area contributed by atoms with Crippen LogP contribution in [0.1, 0.15) is 24.2 Å². The predicted octanol–water partition coefficient (Wildman–Crippen LogP) is 0.920. The van der Waals surface area contributed by atoms with Gasteiger partial charge < -0.3 is 5.73 Å². The molecule has 0 spiro atoms. The Kier molecular flexibility index (Phi) is 3.20. The first kappa shape index (κ1) is 13.3. The minimum absolute atomic E-state index is 0.0837. The molecule has 1 aromatic heterocycles. The van der Waals surface area contributed by atoms with Gasteiger partial charge in [0.15, 0.2) is 0 Å². The maximum absolute atomic E-state index is 12.2. The molecule has 0 bridgehead atoms. The molecule has 0 aliphatic carbocycles. The zero-order chi connectivity index (χ0) is 15.0. The minimum atomic E-state index is -0.528. The van der Waals surface area contributed by atoms with Crippen molar-refractivity contribution in [2.45, 2.75) is 32.4 Å². The molecule has 2 heterocycles. The molecule has 0 radical (unpaired) electrons. The van der Waals surface area contributed by atoms with Crippen LogP contribution in [0, 0.1) is 10.1 Å². The van der Waals surface area contributed by atoms with Crippen molar-refractivity contribution in [3.05, 3.63) is 50.2 Å². The second kappa shape index (κ2) is 5.04. The maximum atomic E-state index is 12.2. The smallest absolute Gasteiger partial charge is 0.346 e. The number of nitrogen functional groups attached to an aromatic ring is 1. The Morgan fingerprint density at radius 2 is 2.19 bits per heavy atom. The summed E-state index contributed by atoms with van der Waals surface area (Å²) in [6.45, 7) is 0.824. The number of hydrogen-bond donors (Lipinski definition) is 1. The van der Waals surface area contributed by atoms with Crippen molar-refractivity contribution < 1.29 is 4.92 Å². The molecule has 3 rings (SSSR count). The molecule has 2 N–H and O–H groups in total. The number of nitro benzene ring substituents is 1. The van der Waals surface area contributed by atoms with Gasteiger partial charge >= 0.3 is 5.69 Å². The number of rotatable bonds is 3. The van der Waals surface area contributed by atoms with E-state index in [9.17, 15) is 14.9 Å². The van der Waals surface area contributed by atoms with Crippen molar-refractivity contribution in [1.29, 1.82) is 0 Å². The average Bonchev–Trinajstić information content (AvgIpc) is 2.78. The van der Waals surface area contributed by atoms with Crippen LogP contribution in [0.4, 0.5) is 11.4 Å². The van der Waals surface area contributed by atoms with Crippen LogP contribution < -0.4 is 11.4 Å². The molecule has 8 nitrogen and oxygen atoms in total. The topological polar surface area (TPSA) is 109 Å². The van der Waals surface area contributed by atoms with Crippen molar-refractivity contribution in [3.8, 4) is 0 Å². The van der Waals surface area contributed by atoms with Crippen LogP contribution >= 0.6 is 0 Å². The summed E-state index contributed by atoms with van der Waals surface area (Å²) in [4.78, 5) is 22.6. The lowest BCUT2D eigenvalue weighted by molar-refractivity contribution is -0.383. The highest BCUT2D eigenvalue weighted by Crippen LogP contribution is 2.25. The van der Waals surface area contributed by atoms with E-state index in [1.807, 2.05) is 0 Å². The molecule has 0 amide bonds. The number of aromatic nitrogens is 3. The van der Waals surface area contributed by atoms with E-state index in [1.54, 1.807) is 16.7 Å². The van der Waals surface area contributed by atoms with Gasteiger partial charge in [-0.25, -0.2) is 9.48 Å². The number of para-hydroxylation sites is 1. The van der Waals surface area contributed by atoms with E-state index in [0.29, 0.717) is 12.1 Å². The van der Waals surface area contributed by atoms with Crippen LogP contribution in [0.15, 0.2) is 23.0 Å². The number of fused-ring (bicyclic) bond motifs is 1. The predicted molar refractivity (Wildman–Crippen MR) is 76.0 cm³/mol. The Bertz CT molecular complexity index is 762. The van der Waals surface area contributed by atoms with Gasteiger partial charge in [0.1, 0.15) is 11.5 Å². The Hall–Kier alpha value is -2.64. The lowest BCUT2D eigenvalue weighted by atomic mass is 10.1. The third-order valence-electron chi connectivity index (χ3n) is 3.72. The standard InChI is InChI=1S/C13H15N5O3/c14-12-9(4-3-5-10(12)18(20)21)8-17-13(19)16-7-2-1-6-11(16)15-17/h3-5H,1-2,6-8,14H2. The van der Waals surface area contributed by atoms with E-state index in [2.05, 4.69) is 5.10 Å². The van der Waals surface area contributed by atoms with Crippen molar-refractivity contribution in [3.63, 3.8) is 0 Å². The number of nitro groups is 1. The molecule has 110 valence electrons. The van der Waals surface area contributed by atoms with Crippen LogP contribution in [0.3, 0.4) is 0 Å². The van der Waals surface area contributed by atoms with E-state index in [-0.39, 0.29) is 23.6 Å². The molecule has 8 heteroatoms. The molecule has 0 atom stereocenters. The zero-order valence-electron chi connectivity index (χ0n) is 11.4. The Morgan fingerprint density at radius 3 is 2.90 bits per heavy atom. The number of anilines is 1. The Morgan fingerprint density at radius 1 is 1.38 bits per heavy atom. The summed E-state index contributed by atoms with van der Waals surface area (Å²) < 4.78 is 2.99. The first-order chi connectivity index (χ1) is 10.1. The molecule has 1 aliphatic heterocycles. The van der Waals surface area contributed by atoms with Gasteiger partial charge in [-0.1, -0.05) is 12.1 Å². The first-order valence-electron chi connectivity index (χ1n) is 6.76. The van der Waals surface area contributed by atoms with Crippen LogP contribution in [-0.2, 0) is 19.5 Å². The SMILES string of the molecule is Nc1c(Cn2nc3n(c2=O)CCCC3)cccc1[N+](=O)[O-]. The van der Waals surface area contributed by atoms with Crippen LogP contribution in [0.25, 0.3) is 0 Å². The average molecular weight is 289 g/mol. The Labute approximate surface area is 119 Å².